The van der Waals surface area contributed by atoms with Crippen LogP contribution in [0.3, 0.4) is 0 Å². The van der Waals surface area contributed by atoms with E-state index in [4.69, 9.17) is 19.4 Å². The van der Waals surface area contributed by atoms with Gasteiger partial charge in [0.1, 0.15) is 0 Å². The summed E-state index contributed by atoms with van der Waals surface area (Å²) < 4.78 is 10.8. The Balaban J connectivity index is 0.000000364. The molecule has 84 valence electrons. The smallest absolute Gasteiger partial charge is 0.402 e. The molecule has 5 heteroatoms. The van der Waals surface area contributed by atoms with Crippen molar-refractivity contribution in [2.45, 2.75) is 26.9 Å². The third-order valence-corrected chi connectivity index (χ3v) is 1.78. The first-order chi connectivity index (χ1) is 6.34. The van der Waals surface area contributed by atoms with E-state index in [-0.39, 0.29) is 11.5 Å². The molecule has 0 bridgehead atoms. The summed E-state index contributed by atoms with van der Waals surface area (Å²) in [6.07, 6.45) is -1.05. The quantitative estimate of drug-likeness (QED) is 0.619. The fourth-order valence-corrected chi connectivity index (χ4v) is 0.988. The van der Waals surface area contributed by atoms with Crippen molar-refractivity contribution in [3.63, 3.8) is 0 Å². The van der Waals surface area contributed by atoms with Gasteiger partial charge in [0.15, 0.2) is 0 Å². The second-order valence-electron chi connectivity index (χ2n) is 4.14. The van der Waals surface area contributed by atoms with Crippen LogP contribution in [0.15, 0.2) is 0 Å². The SMILES string of the molecule is CC(C)(C)C1COCCO1.NC(=O)O. The van der Waals surface area contributed by atoms with Gasteiger partial charge in [-0.2, -0.15) is 0 Å². The summed E-state index contributed by atoms with van der Waals surface area (Å²) in [6, 6.07) is 0. The average Bonchev–Trinajstić information content (AvgIpc) is 2.03. The van der Waals surface area contributed by atoms with E-state index in [0.29, 0.717) is 0 Å². The number of amides is 1. The van der Waals surface area contributed by atoms with Gasteiger partial charge >= 0.3 is 6.09 Å². The van der Waals surface area contributed by atoms with Gasteiger partial charge in [-0.1, -0.05) is 20.8 Å². The first-order valence-electron chi connectivity index (χ1n) is 4.52. The van der Waals surface area contributed by atoms with Crippen LogP contribution < -0.4 is 5.73 Å². The normalized spacial score (nSPS) is 22.1. The molecular formula is C9H19NO4. The highest BCUT2D eigenvalue weighted by Gasteiger charge is 2.27. The van der Waals surface area contributed by atoms with Gasteiger partial charge in [0.2, 0.25) is 0 Å². The highest BCUT2D eigenvalue weighted by atomic mass is 16.6. The van der Waals surface area contributed by atoms with E-state index in [1.165, 1.54) is 0 Å². The molecule has 1 fully saturated rings. The molecule has 0 aromatic heterocycles. The zero-order valence-corrected chi connectivity index (χ0v) is 8.95. The molecule has 1 atom stereocenters. The molecule has 1 rings (SSSR count). The van der Waals surface area contributed by atoms with Gasteiger partial charge in [-0.3, -0.25) is 0 Å². The zero-order chi connectivity index (χ0) is 11.2. The van der Waals surface area contributed by atoms with E-state index in [0.717, 1.165) is 19.8 Å². The molecule has 0 aromatic carbocycles. The highest BCUT2D eigenvalue weighted by molar-refractivity contribution is 5.61. The Morgan fingerprint density at radius 2 is 1.93 bits per heavy atom. The second-order valence-corrected chi connectivity index (χ2v) is 4.14. The van der Waals surface area contributed by atoms with Gasteiger partial charge in [0, 0.05) is 0 Å². The van der Waals surface area contributed by atoms with E-state index >= 15 is 0 Å². The van der Waals surface area contributed by atoms with Gasteiger partial charge in [-0.25, -0.2) is 4.79 Å². The Labute approximate surface area is 84.2 Å². The van der Waals surface area contributed by atoms with E-state index in [9.17, 15) is 0 Å². The van der Waals surface area contributed by atoms with Gasteiger partial charge in [0.25, 0.3) is 0 Å². The maximum absolute atomic E-state index is 8.78. The van der Waals surface area contributed by atoms with Crippen molar-refractivity contribution in [2.75, 3.05) is 19.8 Å². The fourth-order valence-electron chi connectivity index (χ4n) is 0.988. The monoisotopic (exact) mass is 205 g/mol. The van der Waals surface area contributed by atoms with Crippen LogP contribution in [-0.4, -0.2) is 37.1 Å². The Bertz CT molecular complexity index is 166. The molecule has 3 N–H and O–H groups in total. The number of primary amides is 1. The topological polar surface area (TPSA) is 81.8 Å². The van der Waals surface area contributed by atoms with Crippen molar-refractivity contribution < 1.29 is 19.4 Å². The molecule has 0 spiro atoms. The van der Waals surface area contributed by atoms with Gasteiger partial charge in [-0.05, 0) is 5.41 Å². The average molecular weight is 205 g/mol. The number of nitrogens with two attached hydrogens (primary N) is 1. The lowest BCUT2D eigenvalue weighted by molar-refractivity contribution is -0.128. The number of hydrogen-bond donors (Lipinski definition) is 2. The van der Waals surface area contributed by atoms with Gasteiger partial charge in [0.05, 0.1) is 25.9 Å². The van der Waals surface area contributed by atoms with E-state index in [1.54, 1.807) is 0 Å². The summed E-state index contributed by atoms with van der Waals surface area (Å²) >= 11 is 0. The van der Waals surface area contributed by atoms with Gasteiger partial charge < -0.3 is 20.3 Å². The molecule has 0 radical (unpaired) electrons. The molecule has 5 nitrogen and oxygen atoms in total. The van der Waals surface area contributed by atoms with Crippen LogP contribution in [0, 0.1) is 5.41 Å². The lowest BCUT2D eigenvalue weighted by Gasteiger charge is -2.33. The lowest BCUT2D eigenvalue weighted by Crippen LogP contribution is -2.38. The molecule has 1 unspecified atom stereocenters. The minimum Gasteiger partial charge on any atom is -0.465 e. The summed E-state index contributed by atoms with van der Waals surface area (Å²) in [4.78, 5) is 8.78. The van der Waals surface area contributed by atoms with Crippen LogP contribution in [0.5, 0.6) is 0 Å². The third kappa shape index (κ3) is 6.68. The van der Waals surface area contributed by atoms with Crippen LogP contribution in [0.1, 0.15) is 20.8 Å². The van der Waals surface area contributed by atoms with Crippen molar-refractivity contribution in [3.05, 3.63) is 0 Å². The summed E-state index contributed by atoms with van der Waals surface area (Å²) in [5, 5.41) is 7.19. The second kappa shape index (κ2) is 5.82. The molecule has 0 saturated carbocycles. The Kier molecular flexibility index (Phi) is 5.49. The molecule has 1 aliphatic rings. The molecule has 1 aliphatic heterocycles. The molecule has 0 aliphatic carbocycles. The summed E-state index contributed by atoms with van der Waals surface area (Å²) in [6.45, 7) is 8.78. The van der Waals surface area contributed by atoms with E-state index in [1.807, 2.05) is 0 Å². The summed E-state index contributed by atoms with van der Waals surface area (Å²) in [7, 11) is 0. The predicted molar refractivity (Wildman–Crippen MR) is 52.2 cm³/mol. The maximum atomic E-state index is 8.78. The molecule has 14 heavy (non-hydrogen) atoms. The molecule has 0 aromatic rings. The molecular weight excluding hydrogens is 186 g/mol. The minimum atomic E-state index is -1.33. The molecule has 1 amide bonds. The Hall–Kier alpha value is -0.810. The summed E-state index contributed by atoms with van der Waals surface area (Å²) in [5.41, 5.74) is 4.25. The highest BCUT2D eigenvalue weighted by Crippen LogP contribution is 2.23. The van der Waals surface area contributed by atoms with Crippen molar-refractivity contribution >= 4 is 6.09 Å². The Morgan fingerprint density at radius 1 is 1.43 bits per heavy atom. The number of carboxylic acid groups (broad SMARTS) is 1. The summed E-state index contributed by atoms with van der Waals surface area (Å²) in [5.74, 6) is 0. The Morgan fingerprint density at radius 3 is 2.14 bits per heavy atom. The number of hydrogen-bond acceptors (Lipinski definition) is 3. The lowest BCUT2D eigenvalue weighted by atomic mass is 9.89. The molecule has 1 saturated heterocycles. The third-order valence-electron chi connectivity index (χ3n) is 1.78. The van der Waals surface area contributed by atoms with Crippen LogP contribution in [0.2, 0.25) is 0 Å². The maximum Gasteiger partial charge on any atom is 0.402 e. The first kappa shape index (κ1) is 13.2. The van der Waals surface area contributed by atoms with Crippen molar-refractivity contribution in [1.82, 2.24) is 0 Å². The molecule has 1 heterocycles. The van der Waals surface area contributed by atoms with Crippen LogP contribution in [-0.2, 0) is 9.47 Å². The van der Waals surface area contributed by atoms with Crippen LogP contribution in [0.4, 0.5) is 4.79 Å². The number of rotatable bonds is 0. The largest absolute Gasteiger partial charge is 0.465 e. The van der Waals surface area contributed by atoms with Crippen molar-refractivity contribution in [1.29, 1.82) is 0 Å². The fraction of sp³-hybridized carbons (Fsp3) is 0.889. The van der Waals surface area contributed by atoms with Gasteiger partial charge in [-0.15, -0.1) is 0 Å². The number of carbonyl (C=O) groups is 1. The van der Waals surface area contributed by atoms with Crippen LogP contribution in [0.25, 0.3) is 0 Å². The van der Waals surface area contributed by atoms with E-state index in [2.05, 4.69) is 26.5 Å². The van der Waals surface area contributed by atoms with Crippen molar-refractivity contribution in [3.8, 4) is 0 Å². The predicted octanol–water partition coefficient (Wildman–Crippen LogP) is 1.07. The minimum absolute atomic E-state index is 0.223. The van der Waals surface area contributed by atoms with Crippen molar-refractivity contribution in [2.24, 2.45) is 11.1 Å². The number of ether oxygens (including phenoxy) is 2. The standard InChI is InChI=1S/C8H16O2.CH3NO2/c1-8(2,3)7-6-9-4-5-10-7;2-1(3)4/h7H,4-6H2,1-3H3;2H2,(H,3,4). The van der Waals surface area contributed by atoms with E-state index < -0.39 is 6.09 Å². The first-order valence-corrected chi connectivity index (χ1v) is 4.52. The zero-order valence-electron chi connectivity index (χ0n) is 8.95. The van der Waals surface area contributed by atoms with Crippen LogP contribution >= 0.6 is 0 Å².